The molecule has 62 valence electrons. The molecule has 2 heterocycles. The van der Waals surface area contributed by atoms with Crippen LogP contribution in [0, 0.1) is 0 Å². The fourth-order valence-corrected chi connectivity index (χ4v) is 0.993. The van der Waals surface area contributed by atoms with Gasteiger partial charge in [0.25, 0.3) is 5.78 Å². The first-order valence-corrected chi connectivity index (χ1v) is 3.94. The Morgan fingerprint density at radius 1 is 1.42 bits per heavy atom. The Morgan fingerprint density at radius 2 is 2.25 bits per heavy atom. The Labute approximate surface area is 70.3 Å². The van der Waals surface area contributed by atoms with Crippen molar-refractivity contribution in [1.82, 2.24) is 19.6 Å². The molecule has 0 aliphatic carbocycles. The van der Waals surface area contributed by atoms with Crippen LogP contribution in [0.5, 0.6) is 0 Å². The van der Waals surface area contributed by atoms with Crippen LogP contribution >= 0.6 is 0 Å². The molecular weight excluding hydrogens is 152 g/mol. The molecule has 4 heteroatoms. The smallest absolute Gasteiger partial charge is 0.220 e. The van der Waals surface area contributed by atoms with Gasteiger partial charge in [-0.3, -0.25) is 0 Å². The minimum atomic E-state index is 0.353. The monoisotopic (exact) mass is 162 g/mol. The van der Waals surface area contributed by atoms with Gasteiger partial charge in [-0.05, 0) is 6.07 Å². The molecule has 0 N–H and O–H groups in total. The van der Waals surface area contributed by atoms with Gasteiger partial charge in [0.1, 0.15) is 0 Å². The first-order chi connectivity index (χ1) is 5.77. The van der Waals surface area contributed by atoms with Crippen molar-refractivity contribution >= 4 is 5.78 Å². The number of aromatic nitrogens is 4. The third-order valence-corrected chi connectivity index (χ3v) is 1.65. The van der Waals surface area contributed by atoms with Crippen molar-refractivity contribution < 1.29 is 0 Å². The third kappa shape index (κ3) is 1.05. The van der Waals surface area contributed by atoms with Crippen LogP contribution in [-0.2, 0) is 0 Å². The molecule has 0 aromatic carbocycles. The summed E-state index contributed by atoms with van der Waals surface area (Å²) in [4.78, 5) is 8.33. The molecule has 4 nitrogen and oxygen atoms in total. The molecule has 0 saturated carbocycles. The van der Waals surface area contributed by atoms with E-state index in [2.05, 4.69) is 28.9 Å². The van der Waals surface area contributed by atoms with Crippen LogP contribution in [0.3, 0.4) is 0 Å². The summed E-state index contributed by atoms with van der Waals surface area (Å²) in [5.41, 5.74) is 0. The van der Waals surface area contributed by atoms with E-state index >= 15 is 0 Å². The summed E-state index contributed by atoms with van der Waals surface area (Å²) in [6.07, 6.45) is 3.56. The summed E-state index contributed by atoms with van der Waals surface area (Å²) >= 11 is 0. The Hall–Kier alpha value is -1.45. The molecule has 0 atom stereocenters. The lowest BCUT2D eigenvalue weighted by Crippen LogP contribution is -1.91. The molecule has 0 saturated heterocycles. The van der Waals surface area contributed by atoms with E-state index in [0.717, 1.165) is 5.82 Å². The first-order valence-electron chi connectivity index (χ1n) is 3.94. The van der Waals surface area contributed by atoms with Gasteiger partial charge in [-0.15, -0.1) is 5.10 Å². The molecular formula is C8H10N4. The highest BCUT2D eigenvalue weighted by Gasteiger charge is 2.06. The zero-order valence-electron chi connectivity index (χ0n) is 7.10. The Morgan fingerprint density at radius 3 is 2.92 bits per heavy atom. The normalized spacial score (nSPS) is 11.2. The zero-order chi connectivity index (χ0) is 8.55. The van der Waals surface area contributed by atoms with E-state index in [9.17, 15) is 0 Å². The lowest BCUT2D eigenvalue weighted by Gasteiger charge is -1.92. The van der Waals surface area contributed by atoms with Gasteiger partial charge in [0, 0.05) is 18.3 Å². The summed E-state index contributed by atoms with van der Waals surface area (Å²) in [6.45, 7) is 4.13. The summed E-state index contributed by atoms with van der Waals surface area (Å²) in [5, 5.41) is 4.26. The molecule has 0 aliphatic rings. The van der Waals surface area contributed by atoms with Crippen molar-refractivity contribution in [2.24, 2.45) is 0 Å². The topological polar surface area (TPSA) is 43.1 Å². The quantitative estimate of drug-likeness (QED) is 0.633. The molecule has 2 aromatic heterocycles. The van der Waals surface area contributed by atoms with E-state index in [1.165, 1.54) is 0 Å². The third-order valence-electron chi connectivity index (χ3n) is 1.65. The summed E-state index contributed by atoms with van der Waals surface area (Å²) in [7, 11) is 0. The van der Waals surface area contributed by atoms with Gasteiger partial charge >= 0.3 is 0 Å². The van der Waals surface area contributed by atoms with Crippen molar-refractivity contribution in [3.63, 3.8) is 0 Å². The Kier molecular flexibility index (Phi) is 1.53. The number of fused-ring (bicyclic) bond motifs is 1. The SMILES string of the molecule is CC(C)c1nc2ncccn2n1. The second kappa shape index (κ2) is 2.55. The van der Waals surface area contributed by atoms with E-state index in [4.69, 9.17) is 0 Å². The molecule has 0 aliphatic heterocycles. The highest BCUT2D eigenvalue weighted by atomic mass is 15.3. The fourth-order valence-electron chi connectivity index (χ4n) is 0.993. The molecule has 0 unspecified atom stereocenters. The molecule has 0 amide bonds. The molecule has 0 bridgehead atoms. The lowest BCUT2D eigenvalue weighted by atomic mass is 10.2. The van der Waals surface area contributed by atoms with Crippen molar-refractivity contribution in [2.75, 3.05) is 0 Å². The molecule has 0 radical (unpaired) electrons. The average Bonchev–Trinajstić information content (AvgIpc) is 2.46. The Balaban J connectivity index is 2.62. The van der Waals surface area contributed by atoms with Gasteiger partial charge in [0.15, 0.2) is 5.82 Å². The van der Waals surface area contributed by atoms with E-state index in [1.807, 2.05) is 12.3 Å². The Bertz CT molecular complexity index is 358. The van der Waals surface area contributed by atoms with Crippen LogP contribution in [0.2, 0.25) is 0 Å². The van der Waals surface area contributed by atoms with Crippen LogP contribution < -0.4 is 0 Å². The van der Waals surface area contributed by atoms with Crippen LogP contribution in [0.15, 0.2) is 18.5 Å². The number of nitrogens with zero attached hydrogens (tertiary/aromatic N) is 4. The van der Waals surface area contributed by atoms with Crippen LogP contribution in [0.4, 0.5) is 0 Å². The molecule has 0 spiro atoms. The standard InChI is InChI=1S/C8H10N4/c1-6(2)7-10-8-9-4-3-5-12(8)11-7/h3-6H,1-2H3. The maximum atomic E-state index is 4.26. The summed E-state index contributed by atoms with van der Waals surface area (Å²) in [5.74, 6) is 1.86. The number of hydrogen-bond donors (Lipinski definition) is 0. The predicted octanol–water partition coefficient (Wildman–Crippen LogP) is 1.25. The average molecular weight is 162 g/mol. The van der Waals surface area contributed by atoms with Gasteiger partial charge in [-0.2, -0.15) is 4.98 Å². The van der Waals surface area contributed by atoms with Crippen molar-refractivity contribution in [2.45, 2.75) is 19.8 Å². The van der Waals surface area contributed by atoms with Crippen molar-refractivity contribution in [3.8, 4) is 0 Å². The van der Waals surface area contributed by atoms with Gasteiger partial charge in [0.05, 0.1) is 0 Å². The van der Waals surface area contributed by atoms with Crippen molar-refractivity contribution in [3.05, 3.63) is 24.3 Å². The maximum Gasteiger partial charge on any atom is 0.252 e. The molecule has 0 fully saturated rings. The van der Waals surface area contributed by atoms with Crippen LogP contribution in [-0.4, -0.2) is 19.6 Å². The van der Waals surface area contributed by atoms with Gasteiger partial charge in [0.2, 0.25) is 0 Å². The van der Waals surface area contributed by atoms with Crippen LogP contribution in [0.25, 0.3) is 5.78 Å². The van der Waals surface area contributed by atoms with E-state index in [-0.39, 0.29) is 0 Å². The summed E-state index contributed by atoms with van der Waals surface area (Å²) < 4.78 is 1.69. The summed E-state index contributed by atoms with van der Waals surface area (Å²) in [6, 6.07) is 1.84. The zero-order valence-corrected chi connectivity index (χ0v) is 7.10. The van der Waals surface area contributed by atoms with Crippen LogP contribution in [0.1, 0.15) is 25.6 Å². The first kappa shape index (κ1) is 7.21. The second-order valence-corrected chi connectivity index (χ2v) is 2.99. The highest BCUT2D eigenvalue weighted by molar-refractivity contribution is 5.25. The molecule has 2 rings (SSSR count). The highest BCUT2D eigenvalue weighted by Crippen LogP contribution is 2.08. The van der Waals surface area contributed by atoms with E-state index in [1.54, 1.807) is 10.7 Å². The molecule has 2 aromatic rings. The number of hydrogen-bond acceptors (Lipinski definition) is 3. The van der Waals surface area contributed by atoms with E-state index < -0.39 is 0 Å². The minimum Gasteiger partial charge on any atom is -0.220 e. The second-order valence-electron chi connectivity index (χ2n) is 2.99. The molecule has 12 heavy (non-hydrogen) atoms. The minimum absolute atomic E-state index is 0.353. The van der Waals surface area contributed by atoms with Gasteiger partial charge in [-0.1, -0.05) is 13.8 Å². The largest absolute Gasteiger partial charge is 0.252 e. The maximum absolute atomic E-state index is 4.26. The number of rotatable bonds is 1. The van der Waals surface area contributed by atoms with Crippen molar-refractivity contribution in [1.29, 1.82) is 0 Å². The fraction of sp³-hybridized carbons (Fsp3) is 0.375. The van der Waals surface area contributed by atoms with Gasteiger partial charge in [-0.25, -0.2) is 9.50 Å². The van der Waals surface area contributed by atoms with E-state index in [0.29, 0.717) is 11.7 Å². The lowest BCUT2D eigenvalue weighted by molar-refractivity contribution is 0.765. The van der Waals surface area contributed by atoms with Gasteiger partial charge < -0.3 is 0 Å². The predicted molar refractivity (Wildman–Crippen MR) is 44.9 cm³/mol.